The highest BCUT2D eigenvalue weighted by atomic mass is 16.3. The van der Waals surface area contributed by atoms with Crippen LogP contribution in [0.25, 0.3) is 0 Å². The lowest BCUT2D eigenvalue weighted by Crippen LogP contribution is -2.37. The molecule has 106 valence electrons. The van der Waals surface area contributed by atoms with Gasteiger partial charge >= 0.3 is 0 Å². The number of rotatable bonds is 5. The molecule has 0 fully saturated rings. The summed E-state index contributed by atoms with van der Waals surface area (Å²) in [6, 6.07) is 6.87. The van der Waals surface area contributed by atoms with E-state index in [-0.39, 0.29) is 0 Å². The van der Waals surface area contributed by atoms with Crippen molar-refractivity contribution >= 4 is 0 Å². The fourth-order valence-electron chi connectivity index (χ4n) is 3.42. The van der Waals surface area contributed by atoms with Gasteiger partial charge in [0.15, 0.2) is 0 Å². The Morgan fingerprint density at radius 1 is 1.32 bits per heavy atom. The van der Waals surface area contributed by atoms with E-state index in [1.165, 1.54) is 36.8 Å². The number of nitrogens with one attached hydrogen (secondary N) is 1. The van der Waals surface area contributed by atoms with Crippen LogP contribution in [0.1, 0.15) is 63.6 Å². The molecule has 2 unspecified atom stereocenters. The van der Waals surface area contributed by atoms with Gasteiger partial charge in [0, 0.05) is 12.1 Å². The maximum absolute atomic E-state index is 9.60. The van der Waals surface area contributed by atoms with Gasteiger partial charge in [0.1, 0.15) is 5.75 Å². The second-order valence-electron chi connectivity index (χ2n) is 5.86. The topological polar surface area (TPSA) is 32.3 Å². The lowest BCUT2D eigenvalue weighted by atomic mass is 9.86. The highest BCUT2D eigenvalue weighted by Gasteiger charge is 2.23. The average Bonchev–Trinajstić information content (AvgIpc) is 2.40. The third kappa shape index (κ3) is 3.30. The Morgan fingerprint density at radius 3 is 2.74 bits per heavy atom. The highest BCUT2D eigenvalue weighted by molar-refractivity contribution is 5.38. The summed E-state index contributed by atoms with van der Waals surface area (Å²) in [6.07, 6.45) is 5.99. The van der Waals surface area contributed by atoms with E-state index >= 15 is 0 Å². The minimum atomic E-state index is 0.396. The minimum absolute atomic E-state index is 0.396. The van der Waals surface area contributed by atoms with Crippen LogP contribution in [0.4, 0.5) is 0 Å². The van der Waals surface area contributed by atoms with Gasteiger partial charge in [0.2, 0.25) is 0 Å². The molecule has 0 radical (unpaired) electrons. The summed E-state index contributed by atoms with van der Waals surface area (Å²) in [5.41, 5.74) is 2.71. The fraction of sp³-hybridized carbons (Fsp3) is 0.647. The molecule has 0 amide bonds. The van der Waals surface area contributed by atoms with Crippen molar-refractivity contribution in [2.24, 2.45) is 5.92 Å². The molecule has 2 nitrogen and oxygen atoms in total. The van der Waals surface area contributed by atoms with Gasteiger partial charge in [-0.3, -0.25) is 0 Å². The Balaban J connectivity index is 2.11. The van der Waals surface area contributed by atoms with E-state index in [1.54, 1.807) is 0 Å². The SMILES string of the molecule is CCC(CC)C(C)NC1CCCc2cc(O)ccc21. The molecule has 0 saturated heterocycles. The lowest BCUT2D eigenvalue weighted by molar-refractivity contribution is 0.307. The monoisotopic (exact) mass is 261 g/mol. The number of benzene rings is 1. The number of phenols is 1. The molecule has 0 heterocycles. The summed E-state index contributed by atoms with van der Waals surface area (Å²) in [5, 5.41) is 13.4. The molecule has 0 bridgehead atoms. The molecule has 0 spiro atoms. The summed E-state index contributed by atoms with van der Waals surface area (Å²) in [7, 11) is 0. The number of fused-ring (bicyclic) bond motifs is 1. The Labute approximate surface area is 117 Å². The first kappa shape index (κ1) is 14.4. The van der Waals surface area contributed by atoms with E-state index < -0.39 is 0 Å². The first-order chi connectivity index (χ1) is 9.15. The van der Waals surface area contributed by atoms with E-state index in [9.17, 15) is 5.11 Å². The minimum Gasteiger partial charge on any atom is -0.508 e. The third-order valence-corrected chi connectivity index (χ3v) is 4.66. The summed E-state index contributed by atoms with van der Waals surface area (Å²) in [4.78, 5) is 0. The van der Waals surface area contributed by atoms with Gasteiger partial charge in [-0.15, -0.1) is 0 Å². The molecular weight excluding hydrogens is 234 g/mol. The standard InChI is InChI=1S/C17H27NO/c1-4-13(5-2)12(3)18-17-8-6-7-14-11-15(19)9-10-16(14)17/h9-13,17-19H,4-8H2,1-3H3. The maximum atomic E-state index is 9.60. The maximum Gasteiger partial charge on any atom is 0.115 e. The van der Waals surface area contributed by atoms with Crippen LogP contribution in [0.15, 0.2) is 18.2 Å². The molecule has 2 rings (SSSR count). The van der Waals surface area contributed by atoms with Crippen LogP contribution in [0.2, 0.25) is 0 Å². The van der Waals surface area contributed by atoms with E-state index in [0.29, 0.717) is 17.8 Å². The molecule has 0 aromatic heterocycles. The second kappa shape index (κ2) is 6.42. The van der Waals surface area contributed by atoms with Crippen LogP contribution in [0.3, 0.4) is 0 Å². The zero-order chi connectivity index (χ0) is 13.8. The predicted molar refractivity (Wildman–Crippen MR) is 80.5 cm³/mol. The normalized spacial score (nSPS) is 20.3. The van der Waals surface area contributed by atoms with Gasteiger partial charge in [-0.2, -0.15) is 0 Å². The van der Waals surface area contributed by atoms with Gasteiger partial charge in [-0.25, -0.2) is 0 Å². The van der Waals surface area contributed by atoms with Crippen molar-refractivity contribution in [3.63, 3.8) is 0 Å². The van der Waals surface area contributed by atoms with Gasteiger partial charge in [-0.1, -0.05) is 32.8 Å². The second-order valence-corrected chi connectivity index (χ2v) is 5.86. The molecular formula is C17H27NO. The largest absolute Gasteiger partial charge is 0.508 e. The number of hydrogen-bond acceptors (Lipinski definition) is 2. The van der Waals surface area contributed by atoms with Gasteiger partial charge < -0.3 is 10.4 Å². The summed E-state index contributed by atoms with van der Waals surface area (Å²) < 4.78 is 0. The Morgan fingerprint density at radius 2 is 2.05 bits per heavy atom. The molecule has 1 aliphatic carbocycles. The van der Waals surface area contributed by atoms with Gasteiger partial charge in [-0.05, 0) is 55.4 Å². The smallest absolute Gasteiger partial charge is 0.115 e. The molecule has 0 aliphatic heterocycles. The van der Waals surface area contributed by atoms with Gasteiger partial charge in [0.25, 0.3) is 0 Å². The number of phenolic OH excluding ortho intramolecular Hbond substituents is 1. The molecule has 2 N–H and O–H groups in total. The lowest BCUT2D eigenvalue weighted by Gasteiger charge is -2.32. The van der Waals surface area contributed by atoms with Crippen molar-refractivity contribution in [1.29, 1.82) is 0 Å². The molecule has 1 aliphatic rings. The summed E-state index contributed by atoms with van der Waals surface area (Å²) >= 11 is 0. The number of aromatic hydroxyl groups is 1. The summed E-state index contributed by atoms with van der Waals surface area (Å²) in [6.45, 7) is 6.87. The van der Waals surface area contributed by atoms with Crippen LogP contribution in [-0.2, 0) is 6.42 Å². The van der Waals surface area contributed by atoms with Crippen molar-refractivity contribution in [2.45, 2.75) is 65.0 Å². The zero-order valence-electron chi connectivity index (χ0n) is 12.4. The van der Waals surface area contributed by atoms with Crippen LogP contribution < -0.4 is 5.32 Å². The fourth-order valence-corrected chi connectivity index (χ4v) is 3.42. The van der Waals surface area contributed by atoms with Crippen LogP contribution in [0, 0.1) is 5.92 Å². The molecule has 0 saturated carbocycles. The molecule has 2 atom stereocenters. The predicted octanol–water partition coefficient (Wildman–Crippen LogP) is 4.18. The molecule has 2 heteroatoms. The average molecular weight is 261 g/mol. The quantitative estimate of drug-likeness (QED) is 0.833. The zero-order valence-corrected chi connectivity index (χ0v) is 12.4. The van der Waals surface area contributed by atoms with Crippen molar-refractivity contribution < 1.29 is 5.11 Å². The van der Waals surface area contributed by atoms with Crippen LogP contribution in [0.5, 0.6) is 5.75 Å². The number of hydrogen-bond donors (Lipinski definition) is 2. The van der Waals surface area contributed by atoms with Crippen molar-refractivity contribution in [3.05, 3.63) is 29.3 Å². The van der Waals surface area contributed by atoms with Gasteiger partial charge in [0.05, 0.1) is 0 Å². The Hall–Kier alpha value is -1.02. The number of aryl methyl sites for hydroxylation is 1. The first-order valence-corrected chi connectivity index (χ1v) is 7.73. The van der Waals surface area contributed by atoms with Crippen molar-refractivity contribution in [3.8, 4) is 5.75 Å². The summed E-state index contributed by atoms with van der Waals surface area (Å²) in [5.74, 6) is 1.15. The third-order valence-electron chi connectivity index (χ3n) is 4.66. The molecule has 1 aromatic rings. The van der Waals surface area contributed by atoms with Crippen LogP contribution in [-0.4, -0.2) is 11.1 Å². The first-order valence-electron chi connectivity index (χ1n) is 7.73. The molecule has 19 heavy (non-hydrogen) atoms. The Bertz CT molecular complexity index is 412. The van der Waals surface area contributed by atoms with Crippen molar-refractivity contribution in [1.82, 2.24) is 5.32 Å². The van der Waals surface area contributed by atoms with E-state index in [2.05, 4.69) is 32.2 Å². The molecule has 1 aromatic carbocycles. The van der Waals surface area contributed by atoms with E-state index in [0.717, 1.165) is 12.3 Å². The van der Waals surface area contributed by atoms with E-state index in [1.807, 2.05) is 12.1 Å². The van der Waals surface area contributed by atoms with E-state index in [4.69, 9.17) is 0 Å². The van der Waals surface area contributed by atoms with Crippen molar-refractivity contribution in [2.75, 3.05) is 0 Å². The van der Waals surface area contributed by atoms with Crippen LogP contribution >= 0.6 is 0 Å². The highest BCUT2D eigenvalue weighted by Crippen LogP contribution is 2.32. The Kier molecular flexibility index (Phi) is 4.87.